The van der Waals surface area contributed by atoms with E-state index in [1.165, 1.54) is 4.68 Å². The lowest BCUT2D eigenvalue weighted by Gasteiger charge is -2.17. The maximum absolute atomic E-state index is 13.1. The van der Waals surface area contributed by atoms with Gasteiger partial charge in [0.1, 0.15) is 11.7 Å². The van der Waals surface area contributed by atoms with Crippen LogP contribution in [0.15, 0.2) is 60.7 Å². The zero-order chi connectivity index (χ0) is 24.0. The van der Waals surface area contributed by atoms with Crippen LogP contribution in [0.5, 0.6) is 0 Å². The van der Waals surface area contributed by atoms with E-state index in [1.807, 2.05) is 6.07 Å². The number of nitrogens with zero attached hydrogens (tertiary/aromatic N) is 2. The van der Waals surface area contributed by atoms with Gasteiger partial charge >= 0.3 is 6.09 Å². The molecular formula is C23H23N5O5. The average molecular weight is 449 g/mol. The minimum absolute atomic E-state index is 0.104. The standard InChI is InChI=1S/C23H23N5O5/c1-14-11-19(28(27-14)17-9-7-16(8-10-17)13-25-23(32)33)22(31)26-18(20(29)21(24)30)12-15-5-3-2-4-6-15/h2-11,18,25H,12-13H2,1H3,(H2,24,30)(H,26,31)(H,32,33). The van der Waals surface area contributed by atoms with E-state index in [0.717, 1.165) is 11.1 Å². The van der Waals surface area contributed by atoms with Crippen molar-refractivity contribution < 1.29 is 24.3 Å². The molecule has 33 heavy (non-hydrogen) atoms. The fourth-order valence-corrected chi connectivity index (χ4v) is 3.25. The highest BCUT2D eigenvalue weighted by molar-refractivity contribution is 6.38. The first-order valence-corrected chi connectivity index (χ1v) is 10.1. The third kappa shape index (κ3) is 6.03. The number of carbonyl (C=O) groups is 4. The smallest absolute Gasteiger partial charge is 0.404 e. The number of aryl methyl sites for hydroxylation is 1. The number of carbonyl (C=O) groups excluding carboxylic acids is 3. The highest BCUT2D eigenvalue weighted by Crippen LogP contribution is 2.15. The lowest BCUT2D eigenvalue weighted by molar-refractivity contribution is -0.137. The number of hydrogen-bond acceptors (Lipinski definition) is 5. The molecule has 1 heterocycles. The Morgan fingerprint density at radius 2 is 1.70 bits per heavy atom. The molecule has 0 aliphatic rings. The Kier molecular flexibility index (Phi) is 7.19. The molecular weight excluding hydrogens is 426 g/mol. The maximum Gasteiger partial charge on any atom is 0.404 e. The SMILES string of the molecule is Cc1cc(C(=O)NC(Cc2ccccc2)C(=O)C(N)=O)n(-c2ccc(CNC(=O)O)cc2)n1. The summed E-state index contributed by atoms with van der Waals surface area (Å²) in [4.78, 5) is 47.6. The Hall–Kier alpha value is -4.47. The monoisotopic (exact) mass is 449 g/mol. The molecule has 170 valence electrons. The highest BCUT2D eigenvalue weighted by atomic mass is 16.4. The third-order valence-corrected chi connectivity index (χ3v) is 4.84. The number of carboxylic acid groups (broad SMARTS) is 1. The van der Waals surface area contributed by atoms with Gasteiger partial charge in [0, 0.05) is 13.0 Å². The van der Waals surface area contributed by atoms with Crippen LogP contribution in [0, 0.1) is 6.92 Å². The van der Waals surface area contributed by atoms with Crippen LogP contribution >= 0.6 is 0 Å². The molecule has 3 amide bonds. The van der Waals surface area contributed by atoms with Gasteiger partial charge in [0.05, 0.1) is 11.4 Å². The number of nitrogens with two attached hydrogens (primary N) is 1. The first kappa shape index (κ1) is 23.2. The first-order valence-electron chi connectivity index (χ1n) is 10.1. The van der Waals surface area contributed by atoms with E-state index in [2.05, 4.69) is 15.7 Å². The minimum Gasteiger partial charge on any atom is -0.465 e. The molecule has 2 aromatic carbocycles. The maximum atomic E-state index is 13.1. The second-order valence-corrected chi connectivity index (χ2v) is 7.35. The van der Waals surface area contributed by atoms with Crippen molar-refractivity contribution in [1.82, 2.24) is 20.4 Å². The molecule has 0 aliphatic heterocycles. The van der Waals surface area contributed by atoms with Crippen LogP contribution in [0.2, 0.25) is 0 Å². The number of ketones is 1. The molecule has 3 aromatic rings. The number of rotatable bonds is 9. The van der Waals surface area contributed by atoms with Gasteiger partial charge in [-0.15, -0.1) is 0 Å². The summed E-state index contributed by atoms with van der Waals surface area (Å²) >= 11 is 0. The topological polar surface area (TPSA) is 156 Å². The van der Waals surface area contributed by atoms with E-state index in [0.29, 0.717) is 11.4 Å². The first-order chi connectivity index (χ1) is 15.7. The Morgan fingerprint density at radius 3 is 2.30 bits per heavy atom. The molecule has 0 saturated carbocycles. The van der Waals surface area contributed by atoms with E-state index >= 15 is 0 Å². The van der Waals surface area contributed by atoms with Gasteiger partial charge < -0.3 is 21.5 Å². The van der Waals surface area contributed by atoms with Crippen LogP contribution in [-0.2, 0) is 22.6 Å². The van der Waals surface area contributed by atoms with Crippen LogP contribution in [0.4, 0.5) is 4.79 Å². The van der Waals surface area contributed by atoms with Gasteiger partial charge in [0.15, 0.2) is 0 Å². The van der Waals surface area contributed by atoms with Gasteiger partial charge in [0.2, 0.25) is 5.78 Å². The van der Waals surface area contributed by atoms with E-state index in [4.69, 9.17) is 10.8 Å². The molecule has 0 bridgehead atoms. The second kappa shape index (κ2) is 10.2. The summed E-state index contributed by atoms with van der Waals surface area (Å²) in [6.45, 7) is 1.85. The van der Waals surface area contributed by atoms with E-state index in [1.54, 1.807) is 61.5 Å². The number of nitrogens with one attached hydrogen (secondary N) is 2. The van der Waals surface area contributed by atoms with Crippen molar-refractivity contribution in [3.8, 4) is 5.69 Å². The molecule has 10 heteroatoms. The molecule has 5 N–H and O–H groups in total. The van der Waals surface area contributed by atoms with Gasteiger partial charge in [-0.05, 0) is 36.2 Å². The normalized spacial score (nSPS) is 11.4. The third-order valence-electron chi connectivity index (χ3n) is 4.84. The Balaban J connectivity index is 1.83. The highest BCUT2D eigenvalue weighted by Gasteiger charge is 2.27. The van der Waals surface area contributed by atoms with Gasteiger partial charge in [-0.2, -0.15) is 5.10 Å². The van der Waals surface area contributed by atoms with Crippen molar-refractivity contribution in [2.45, 2.75) is 25.9 Å². The quantitative estimate of drug-likeness (QED) is 0.361. The van der Waals surface area contributed by atoms with Crippen molar-refractivity contribution in [2.75, 3.05) is 0 Å². The zero-order valence-corrected chi connectivity index (χ0v) is 17.8. The Morgan fingerprint density at radius 1 is 1.03 bits per heavy atom. The van der Waals surface area contributed by atoms with Crippen molar-refractivity contribution in [3.05, 3.63) is 83.2 Å². The van der Waals surface area contributed by atoms with E-state index in [9.17, 15) is 19.2 Å². The van der Waals surface area contributed by atoms with Gasteiger partial charge in [-0.1, -0.05) is 42.5 Å². The predicted octanol–water partition coefficient (Wildman–Crippen LogP) is 1.34. The van der Waals surface area contributed by atoms with Crippen molar-refractivity contribution in [3.63, 3.8) is 0 Å². The summed E-state index contributed by atoms with van der Waals surface area (Å²) < 4.78 is 1.41. The summed E-state index contributed by atoms with van der Waals surface area (Å²) in [5.74, 6) is -2.63. The molecule has 0 radical (unpaired) electrons. The Labute approximate surface area is 189 Å². The number of aromatic nitrogens is 2. The molecule has 0 fully saturated rings. The van der Waals surface area contributed by atoms with Crippen LogP contribution in [-0.4, -0.2) is 44.6 Å². The van der Waals surface area contributed by atoms with Gasteiger partial charge in [-0.25, -0.2) is 9.48 Å². The molecule has 3 rings (SSSR count). The summed E-state index contributed by atoms with van der Waals surface area (Å²) in [6.07, 6.45) is -1.02. The van der Waals surface area contributed by atoms with Crippen LogP contribution in [0.3, 0.4) is 0 Å². The molecule has 1 unspecified atom stereocenters. The van der Waals surface area contributed by atoms with Gasteiger partial charge in [0.25, 0.3) is 11.8 Å². The fraction of sp³-hybridized carbons (Fsp3) is 0.174. The summed E-state index contributed by atoms with van der Waals surface area (Å²) in [7, 11) is 0. The molecule has 1 atom stereocenters. The minimum atomic E-state index is -1.13. The molecule has 1 aromatic heterocycles. The molecule has 0 saturated heterocycles. The van der Waals surface area contributed by atoms with Crippen molar-refractivity contribution in [1.29, 1.82) is 0 Å². The lowest BCUT2D eigenvalue weighted by atomic mass is 10.0. The second-order valence-electron chi connectivity index (χ2n) is 7.35. The van der Waals surface area contributed by atoms with Crippen LogP contribution < -0.4 is 16.4 Å². The zero-order valence-electron chi connectivity index (χ0n) is 17.8. The number of primary amides is 1. The summed E-state index contributed by atoms with van der Waals surface area (Å²) in [6, 6.07) is 16.2. The van der Waals surface area contributed by atoms with E-state index in [-0.39, 0.29) is 18.7 Å². The Bertz CT molecular complexity index is 1170. The number of hydrogen-bond donors (Lipinski definition) is 4. The molecule has 0 aliphatic carbocycles. The summed E-state index contributed by atoms with van der Waals surface area (Å²) in [5.41, 5.74) is 7.97. The van der Waals surface area contributed by atoms with E-state index < -0.39 is 29.7 Å². The van der Waals surface area contributed by atoms with Crippen LogP contribution in [0.25, 0.3) is 5.69 Å². The number of benzene rings is 2. The number of amides is 3. The lowest BCUT2D eigenvalue weighted by Crippen LogP contribution is -2.47. The van der Waals surface area contributed by atoms with Crippen LogP contribution in [0.1, 0.15) is 27.3 Å². The largest absolute Gasteiger partial charge is 0.465 e. The number of Topliss-reactive ketones (excluding diaryl/α,β-unsaturated/α-hetero) is 1. The summed E-state index contributed by atoms with van der Waals surface area (Å²) in [5, 5.41) is 18.0. The van der Waals surface area contributed by atoms with Crippen molar-refractivity contribution >= 4 is 23.7 Å². The van der Waals surface area contributed by atoms with Crippen molar-refractivity contribution in [2.24, 2.45) is 5.73 Å². The molecule has 0 spiro atoms. The van der Waals surface area contributed by atoms with Gasteiger partial charge in [-0.3, -0.25) is 14.4 Å². The molecule has 10 nitrogen and oxygen atoms in total. The average Bonchev–Trinajstić information content (AvgIpc) is 3.19. The predicted molar refractivity (Wildman–Crippen MR) is 119 cm³/mol. The fourth-order valence-electron chi connectivity index (χ4n) is 3.25.